The fraction of sp³-hybridized carbons (Fsp3) is 0.455. The molecule has 0 amide bonds. The van der Waals surface area contributed by atoms with Crippen molar-refractivity contribution in [2.24, 2.45) is 5.92 Å². The third kappa shape index (κ3) is 3.42. The fourth-order valence-electron chi connectivity index (χ4n) is 1.47. The van der Waals surface area contributed by atoms with Gasteiger partial charge in [-0.3, -0.25) is 9.78 Å². The molecule has 1 heterocycles. The number of aliphatic hydroxyl groups is 2. The molecule has 0 spiro atoms. The Morgan fingerprint density at radius 2 is 1.73 bits per heavy atom. The predicted octanol–water partition coefficient (Wildman–Crippen LogP) is 0.645. The molecule has 1 rings (SSSR count). The Hall–Kier alpha value is -1.26. The van der Waals surface area contributed by atoms with Crippen LogP contribution < -0.4 is 0 Å². The van der Waals surface area contributed by atoms with Crippen molar-refractivity contribution in [1.29, 1.82) is 0 Å². The van der Waals surface area contributed by atoms with Crippen LogP contribution in [0.4, 0.5) is 0 Å². The smallest absolute Gasteiger partial charge is 0.166 e. The summed E-state index contributed by atoms with van der Waals surface area (Å²) in [6, 6.07) is 3.29. The van der Waals surface area contributed by atoms with Gasteiger partial charge in [0.2, 0.25) is 0 Å². The van der Waals surface area contributed by atoms with Crippen molar-refractivity contribution in [3.8, 4) is 0 Å². The predicted molar refractivity (Wildman–Crippen MR) is 55.5 cm³/mol. The van der Waals surface area contributed by atoms with Crippen LogP contribution in [0.5, 0.6) is 0 Å². The Labute approximate surface area is 88.6 Å². The number of carbonyl (C=O) groups is 1. The fourth-order valence-corrected chi connectivity index (χ4v) is 1.47. The summed E-state index contributed by atoms with van der Waals surface area (Å²) in [6.45, 7) is -0.0804. The third-order valence-corrected chi connectivity index (χ3v) is 2.29. The maximum Gasteiger partial charge on any atom is 0.166 e. The molecule has 0 aliphatic rings. The minimum Gasteiger partial charge on any atom is -0.396 e. The minimum absolute atomic E-state index is 0.0402. The summed E-state index contributed by atoms with van der Waals surface area (Å²) in [6.07, 6.45) is 3.90. The molecular formula is C11H15NO3. The van der Waals surface area contributed by atoms with Crippen LogP contribution in [0, 0.1) is 5.92 Å². The Balaban J connectivity index is 2.71. The zero-order chi connectivity index (χ0) is 11.1. The number of pyridine rings is 1. The molecule has 1 aromatic heterocycles. The number of aliphatic hydroxyl groups excluding tert-OH is 2. The van der Waals surface area contributed by atoms with Gasteiger partial charge in [-0.2, -0.15) is 0 Å². The van der Waals surface area contributed by atoms with Crippen LogP contribution in [0.3, 0.4) is 0 Å². The van der Waals surface area contributed by atoms with E-state index in [0.29, 0.717) is 18.4 Å². The summed E-state index contributed by atoms with van der Waals surface area (Å²) in [5, 5.41) is 17.6. The number of aromatic nitrogens is 1. The number of Topliss-reactive ketones (excluding diaryl/α,β-unsaturated/α-hetero) is 1. The van der Waals surface area contributed by atoms with Gasteiger partial charge < -0.3 is 10.2 Å². The Morgan fingerprint density at radius 3 is 2.20 bits per heavy atom. The van der Waals surface area contributed by atoms with Crippen LogP contribution in [0.15, 0.2) is 24.5 Å². The minimum atomic E-state index is -0.303. The molecule has 0 atom stereocenters. The van der Waals surface area contributed by atoms with Gasteiger partial charge in [-0.15, -0.1) is 0 Å². The maximum absolute atomic E-state index is 11.9. The molecule has 0 unspecified atom stereocenters. The highest BCUT2D eigenvalue weighted by Crippen LogP contribution is 2.15. The first kappa shape index (κ1) is 11.8. The van der Waals surface area contributed by atoms with Gasteiger partial charge in [0.15, 0.2) is 5.78 Å². The second-order valence-electron chi connectivity index (χ2n) is 3.32. The van der Waals surface area contributed by atoms with Crippen LogP contribution in [0.2, 0.25) is 0 Å². The summed E-state index contributed by atoms with van der Waals surface area (Å²) in [5.41, 5.74) is 0.580. The second kappa shape index (κ2) is 6.27. The molecule has 0 aliphatic carbocycles. The van der Waals surface area contributed by atoms with Crippen molar-refractivity contribution in [2.75, 3.05) is 13.2 Å². The summed E-state index contributed by atoms with van der Waals surface area (Å²) >= 11 is 0. The highest BCUT2D eigenvalue weighted by atomic mass is 16.3. The number of hydrogen-bond donors (Lipinski definition) is 2. The summed E-state index contributed by atoms with van der Waals surface area (Å²) in [4.78, 5) is 15.7. The van der Waals surface area contributed by atoms with Gasteiger partial charge in [-0.05, 0) is 25.0 Å². The van der Waals surface area contributed by atoms with Gasteiger partial charge in [0.1, 0.15) is 0 Å². The van der Waals surface area contributed by atoms with E-state index in [-0.39, 0.29) is 24.9 Å². The van der Waals surface area contributed by atoms with E-state index in [4.69, 9.17) is 10.2 Å². The molecule has 0 bridgehead atoms. The highest BCUT2D eigenvalue weighted by molar-refractivity contribution is 5.97. The van der Waals surface area contributed by atoms with E-state index in [9.17, 15) is 4.79 Å². The lowest BCUT2D eigenvalue weighted by molar-refractivity contribution is 0.0866. The second-order valence-corrected chi connectivity index (χ2v) is 3.32. The van der Waals surface area contributed by atoms with Gasteiger partial charge >= 0.3 is 0 Å². The van der Waals surface area contributed by atoms with E-state index >= 15 is 0 Å². The molecular weight excluding hydrogens is 194 g/mol. The average Bonchev–Trinajstić information content (AvgIpc) is 2.29. The topological polar surface area (TPSA) is 70.4 Å². The molecule has 15 heavy (non-hydrogen) atoms. The van der Waals surface area contributed by atoms with Gasteiger partial charge in [0.25, 0.3) is 0 Å². The lowest BCUT2D eigenvalue weighted by atomic mass is 9.93. The molecule has 0 saturated carbocycles. The van der Waals surface area contributed by atoms with Gasteiger partial charge in [-0.25, -0.2) is 0 Å². The number of nitrogens with zero attached hydrogens (tertiary/aromatic N) is 1. The molecule has 0 aromatic carbocycles. The summed E-state index contributed by atoms with van der Waals surface area (Å²) in [5.74, 6) is -0.345. The number of hydrogen-bond acceptors (Lipinski definition) is 4. The van der Waals surface area contributed by atoms with Crippen LogP contribution in [0.1, 0.15) is 23.2 Å². The van der Waals surface area contributed by atoms with Crippen molar-refractivity contribution in [3.05, 3.63) is 30.1 Å². The zero-order valence-electron chi connectivity index (χ0n) is 8.47. The number of carbonyl (C=O) groups excluding carboxylic acids is 1. The number of rotatable bonds is 6. The Kier molecular flexibility index (Phi) is 4.93. The molecule has 2 N–H and O–H groups in total. The van der Waals surface area contributed by atoms with E-state index in [1.165, 1.54) is 0 Å². The van der Waals surface area contributed by atoms with Crippen LogP contribution in [0.25, 0.3) is 0 Å². The summed E-state index contributed by atoms with van der Waals surface area (Å²) in [7, 11) is 0. The van der Waals surface area contributed by atoms with E-state index in [1.807, 2.05) is 0 Å². The SMILES string of the molecule is O=C(c1ccncc1)C(CCO)CCO. The summed E-state index contributed by atoms with van der Waals surface area (Å²) < 4.78 is 0. The van der Waals surface area contributed by atoms with Crippen molar-refractivity contribution in [2.45, 2.75) is 12.8 Å². The maximum atomic E-state index is 11.9. The van der Waals surface area contributed by atoms with Crippen molar-refractivity contribution >= 4 is 5.78 Å². The molecule has 4 heteroatoms. The van der Waals surface area contributed by atoms with Crippen LogP contribution in [-0.4, -0.2) is 34.2 Å². The van der Waals surface area contributed by atoms with Crippen molar-refractivity contribution in [1.82, 2.24) is 4.98 Å². The van der Waals surface area contributed by atoms with Crippen LogP contribution in [-0.2, 0) is 0 Å². The largest absolute Gasteiger partial charge is 0.396 e. The lowest BCUT2D eigenvalue weighted by Crippen LogP contribution is -2.17. The van der Waals surface area contributed by atoms with Gasteiger partial charge in [0.05, 0.1) is 0 Å². The van der Waals surface area contributed by atoms with E-state index < -0.39 is 0 Å². The van der Waals surface area contributed by atoms with E-state index in [0.717, 1.165) is 0 Å². The molecule has 4 nitrogen and oxygen atoms in total. The molecule has 1 aromatic rings. The van der Waals surface area contributed by atoms with E-state index in [2.05, 4.69) is 4.98 Å². The van der Waals surface area contributed by atoms with Crippen molar-refractivity contribution < 1.29 is 15.0 Å². The monoisotopic (exact) mass is 209 g/mol. The molecule has 0 radical (unpaired) electrons. The quantitative estimate of drug-likeness (QED) is 0.675. The van der Waals surface area contributed by atoms with Gasteiger partial charge in [0, 0.05) is 37.1 Å². The molecule has 0 aliphatic heterocycles. The zero-order valence-corrected chi connectivity index (χ0v) is 8.47. The lowest BCUT2D eigenvalue weighted by Gasteiger charge is -2.12. The molecule has 82 valence electrons. The standard InChI is InChI=1S/C11H15NO3/c13-7-3-10(4-8-14)11(15)9-1-5-12-6-2-9/h1-2,5-6,10,13-14H,3-4,7-8H2. The average molecular weight is 209 g/mol. The Bertz CT molecular complexity index is 294. The first-order valence-corrected chi connectivity index (χ1v) is 4.95. The van der Waals surface area contributed by atoms with E-state index in [1.54, 1.807) is 24.5 Å². The molecule has 0 fully saturated rings. The highest BCUT2D eigenvalue weighted by Gasteiger charge is 2.18. The Morgan fingerprint density at radius 1 is 1.20 bits per heavy atom. The van der Waals surface area contributed by atoms with Crippen molar-refractivity contribution in [3.63, 3.8) is 0 Å². The molecule has 0 saturated heterocycles. The first-order valence-electron chi connectivity index (χ1n) is 4.95. The normalized spacial score (nSPS) is 10.6. The number of ketones is 1. The third-order valence-electron chi connectivity index (χ3n) is 2.29. The van der Waals surface area contributed by atoms with Crippen LogP contribution >= 0.6 is 0 Å². The van der Waals surface area contributed by atoms with Gasteiger partial charge in [-0.1, -0.05) is 0 Å². The first-order chi connectivity index (χ1) is 7.29.